The summed E-state index contributed by atoms with van der Waals surface area (Å²) in [4.78, 5) is 15.5. The number of benzene rings is 2. The molecule has 0 radical (unpaired) electrons. The standard InChI is InChI=1S/C18H21ClN2OS/c1-21(2)12-14-6-4-13(5-7-14)11-20-18(22)16-10-15(23-3)8-9-17(16)19/h4-10H,11-12H2,1-3H3,(H,20,22). The first-order valence-corrected chi connectivity index (χ1v) is 8.94. The maximum Gasteiger partial charge on any atom is 0.253 e. The molecule has 1 amide bonds. The molecule has 0 heterocycles. The van der Waals surface area contributed by atoms with Crippen LogP contribution >= 0.6 is 23.4 Å². The van der Waals surface area contributed by atoms with Gasteiger partial charge >= 0.3 is 0 Å². The zero-order valence-electron chi connectivity index (χ0n) is 13.6. The lowest BCUT2D eigenvalue weighted by Gasteiger charge is -2.11. The molecule has 0 spiro atoms. The third-order valence-corrected chi connectivity index (χ3v) is 4.45. The average molecular weight is 349 g/mol. The van der Waals surface area contributed by atoms with E-state index in [1.807, 2.05) is 44.6 Å². The molecule has 0 aliphatic heterocycles. The van der Waals surface area contributed by atoms with Crippen molar-refractivity contribution in [1.82, 2.24) is 10.2 Å². The molecule has 0 aliphatic carbocycles. The molecule has 0 aromatic heterocycles. The number of carbonyl (C=O) groups is 1. The minimum absolute atomic E-state index is 0.150. The van der Waals surface area contributed by atoms with Crippen LogP contribution in [0.1, 0.15) is 21.5 Å². The molecule has 122 valence electrons. The monoisotopic (exact) mass is 348 g/mol. The summed E-state index contributed by atoms with van der Waals surface area (Å²) in [6, 6.07) is 13.7. The van der Waals surface area contributed by atoms with Gasteiger partial charge in [-0.15, -0.1) is 11.8 Å². The topological polar surface area (TPSA) is 32.3 Å². The number of amides is 1. The number of halogens is 1. The Morgan fingerprint density at radius 1 is 1.13 bits per heavy atom. The van der Waals surface area contributed by atoms with Crippen molar-refractivity contribution in [2.75, 3.05) is 20.4 Å². The Morgan fingerprint density at radius 2 is 1.78 bits per heavy atom. The number of carbonyl (C=O) groups excluding carboxylic acids is 1. The summed E-state index contributed by atoms with van der Waals surface area (Å²) in [7, 11) is 4.08. The van der Waals surface area contributed by atoms with Crippen LogP contribution in [0.15, 0.2) is 47.4 Å². The molecule has 2 aromatic rings. The van der Waals surface area contributed by atoms with Gasteiger partial charge < -0.3 is 10.2 Å². The first kappa shape index (κ1) is 17.9. The van der Waals surface area contributed by atoms with Gasteiger partial charge in [-0.1, -0.05) is 35.9 Å². The third kappa shape index (κ3) is 5.27. The van der Waals surface area contributed by atoms with E-state index in [-0.39, 0.29) is 5.91 Å². The lowest BCUT2D eigenvalue weighted by atomic mass is 10.1. The van der Waals surface area contributed by atoms with Crippen molar-refractivity contribution in [3.63, 3.8) is 0 Å². The molecule has 0 atom stereocenters. The van der Waals surface area contributed by atoms with Crippen molar-refractivity contribution in [2.45, 2.75) is 18.0 Å². The minimum Gasteiger partial charge on any atom is -0.348 e. The number of rotatable bonds is 6. The van der Waals surface area contributed by atoms with E-state index in [1.54, 1.807) is 17.8 Å². The van der Waals surface area contributed by atoms with Crippen LogP contribution in [0.4, 0.5) is 0 Å². The first-order chi connectivity index (χ1) is 11.0. The molecule has 0 bridgehead atoms. The molecule has 5 heteroatoms. The largest absolute Gasteiger partial charge is 0.348 e. The fourth-order valence-electron chi connectivity index (χ4n) is 2.21. The second kappa shape index (κ2) is 8.39. The summed E-state index contributed by atoms with van der Waals surface area (Å²) in [5.41, 5.74) is 2.83. The van der Waals surface area contributed by atoms with Gasteiger partial charge in [-0.3, -0.25) is 4.79 Å². The Morgan fingerprint density at radius 3 is 2.39 bits per heavy atom. The normalized spacial score (nSPS) is 10.8. The maximum atomic E-state index is 12.3. The number of nitrogens with one attached hydrogen (secondary N) is 1. The van der Waals surface area contributed by atoms with Crippen molar-refractivity contribution in [3.05, 3.63) is 64.2 Å². The van der Waals surface area contributed by atoms with Gasteiger partial charge in [0.1, 0.15) is 0 Å². The van der Waals surface area contributed by atoms with Gasteiger partial charge in [0, 0.05) is 18.0 Å². The van der Waals surface area contributed by atoms with E-state index < -0.39 is 0 Å². The summed E-state index contributed by atoms with van der Waals surface area (Å²) in [6.07, 6.45) is 1.97. The second-order valence-electron chi connectivity index (χ2n) is 5.58. The van der Waals surface area contributed by atoms with Crippen LogP contribution in [0.25, 0.3) is 0 Å². The van der Waals surface area contributed by atoms with Gasteiger partial charge in [0.2, 0.25) is 0 Å². The van der Waals surface area contributed by atoms with E-state index in [2.05, 4.69) is 22.3 Å². The SMILES string of the molecule is CSc1ccc(Cl)c(C(=O)NCc2ccc(CN(C)C)cc2)c1. The third-order valence-electron chi connectivity index (χ3n) is 3.39. The van der Waals surface area contributed by atoms with Crippen LogP contribution in [0.2, 0.25) is 5.02 Å². The van der Waals surface area contributed by atoms with Crippen LogP contribution in [0.5, 0.6) is 0 Å². The number of hydrogen-bond acceptors (Lipinski definition) is 3. The summed E-state index contributed by atoms with van der Waals surface area (Å²) < 4.78 is 0. The minimum atomic E-state index is -0.150. The zero-order valence-corrected chi connectivity index (χ0v) is 15.2. The highest BCUT2D eigenvalue weighted by atomic mass is 35.5. The molecule has 3 nitrogen and oxygen atoms in total. The van der Waals surface area contributed by atoms with Crippen molar-refractivity contribution >= 4 is 29.3 Å². The van der Waals surface area contributed by atoms with Crippen molar-refractivity contribution in [2.24, 2.45) is 0 Å². The lowest BCUT2D eigenvalue weighted by molar-refractivity contribution is 0.0951. The summed E-state index contributed by atoms with van der Waals surface area (Å²) in [5, 5.41) is 3.40. The van der Waals surface area contributed by atoms with Crippen LogP contribution in [-0.2, 0) is 13.1 Å². The van der Waals surface area contributed by atoms with Gasteiger partial charge in [0.15, 0.2) is 0 Å². The quantitative estimate of drug-likeness (QED) is 0.799. The van der Waals surface area contributed by atoms with Crippen LogP contribution < -0.4 is 5.32 Å². The number of thioether (sulfide) groups is 1. The molecule has 1 N–H and O–H groups in total. The summed E-state index contributed by atoms with van der Waals surface area (Å²) >= 11 is 7.71. The molecule has 0 unspecified atom stereocenters. The Hall–Kier alpha value is -1.49. The fourth-order valence-corrected chi connectivity index (χ4v) is 2.85. The Bertz CT molecular complexity index is 671. The van der Waals surface area contributed by atoms with Crippen molar-refractivity contribution in [3.8, 4) is 0 Å². The van der Waals surface area contributed by atoms with Gasteiger partial charge in [0.05, 0.1) is 10.6 Å². The molecule has 0 aliphatic rings. The second-order valence-corrected chi connectivity index (χ2v) is 6.87. The Labute approximate surface area is 147 Å². The number of nitrogens with zero attached hydrogens (tertiary/aromatic N) is 1. The van der Waals surface area contributed by atoms with Crippen molar-refractivity contribution in [1.29, 1.82) is 0 Å². The van der Waals surface area contributed by atoms with Gasteiger partial charge in [-0.2, -0.15) is 0 Å². The highest BCUT2D eigenvalue weighted by Crippen LogP contribution is 2.23. The average Bonchev–Trinajstić information content (AvgIpc) is 2.54. The zero-order chi connectivity index (χ0) is 16.8. The lowest BCUT2D eigenvalue weighted by Crippen LogP contribution is -2.23. The molecule has 0 saturated carbocycles. The van der Waals surface area contributed by atoms with E-state index in [0.29, 0.717) is 17.1 Å². The van der Waals surface area contributed by atoms with E-state index >= 15 is 0 Å². The number of hydrogen-bond donors (Lipinski definition) is 1. The van der Waals surface area contributed by atoms with E-state index in [1.165, 1.54) is 5.56 Å². The van der Waals surface area contributed by atoms with Crippen LogP contribution in [0.3, 0.4) is 0 Å². The molecule has 23 heavy (non-hydrogen) atoms. The van der Waals surface area contributed by atoms with E-state index in [4.69, 9.17) is 11.6 Å². The van der Waals surface area contributed by atoms with E-state index in [9.17, 15) is 4.79 Å². The highest BCUT2D eigenvalue weighted by Gasteiger charge is 2.11. The Kier molecular flexibility index (Phi) is 6.51. The molecule has 2 rings (SSSR count). The van der Waals surface area contributed by atoms with Gasteiger partial charge in [-0.05, 0) is 49.7 Å². The van der Waals surface area contributed by atoms with E-state index in [0.717, 1.165) is 17.0 Å². The maximum absolute atomic E-state index is 12.3. The summed E-state index contributed by atoms with van der Waals surface area (Å²) in [6.45, 7) is 1.39. The highest BCUT2D eigenvalue weighted by molar-refractivity contribution is 7.98. The predicted molar refractivity (Wildman–Crippen MR) is 98.2 cm³/mol. The molecular weight excluding hydrogens is 328 g/mol. The smallest absolute Gasteiger partial charge is 0.253 e. The summed E-state index contributed by atoms with van der Waals surface area (Å²) in [5.74, 6) is -0.150. The van der Waals surface area contributed by atoms with Crippen molar-refractivity contribution < 1.29 is 4.79 Å². The molecular formula is C18H21ClN2OS. The molecule has 0 saturated heterocycles. The fraction of sp³-hybridized carbons (Fsp3) is 0.278. The van der Waals surface area contributed by atoms with Crippen LogP contribution in [0, 0.1) is 0 Å². The molecule has 2 aromatic carbocycles. The van der Waals surface area contributed by atoms with Gasteiger partial charge in [-0.25, -0.2) is 0 Å². The Balaban J connectivity index is 1.99. The predicted octanol–water partition coefficient (Wildman–Crippen LogP) is 4.05. The molecule has 0 fully saturated rings. The van der Waals surface area contributed by atoms with Gasteiger partial charge in [0.25, 0.3) is 5.91 Å². The first-order valence-electron chi connectivity index (χ1n) is 7.34. The van der Waals surface area contributed by atoms with Crippen LogP contribution in [-0.4, -0.2) is 31.2 Å².